The molecule has 122 valence electrons. The average molecular weight is 360 g/mol. The van der Waals surface area contributed by atoms with E-state index in [1.807, 2.05) is 30.3 Å². The highest BCUT2D eigenvalue weighted by Crippen LogP contribution is 2.23. The third-order valence-electron chi connectivity index (χ3n) is 3.55. The van der Waals surface area contributed by atoms with Gasteiger partial charge >= 0.3 is 0 Å². The normalized spacial score (nSPS) is 10.6. The lowest BCUT2D eigenvalue weighted by molar-refractivity contribution is 0.102. The maximum atomic E-state index is 12.5. The molecule has 0 aliphatic heterocycles. The van der Waals surface area contributed by atoms with E-state index in [1.54, 1.807) is 35.9 Å². The lowest BCUT2D eigenvalue weighted by atomic mass is 10.2. The minimum atomic E-state index is -0.306. The summed E-state index contributed by atoms with van der Waals surface area (Å²) >= 11 is 12.3. The molecule has 1 amide bonds. The van der Waals surface area contributed by atoms with Gasteiger partial charge in [0.1, 0.15) is 5.15 Å². The van der Waals surface area contributed by atoms with Gasteiger partial charge in [0.15, 0.2) is 0 Å². The third-order valence-corrected chi connectivity index (χ3v) is 4.17. The van der Waals surface area contributed by atoms with Crippen LogP contribution in [0.5, 0.6) is 0 Å². The zero-order valence-corrected chi connectivity index (χ0v) is 14.5. The molecule has 0 saturated carbocycles. The molecule has 3 rings (SSSR count). The number of nitrogens with one attached hydrogen (secondary N) is 1. The fraction of sp³-hybridized carbons (Fsp3) is 0.111. The first-order valence-electron chi connectivity index (χ1n) is 7.38. The molecule has 0 unspecified atom stereocenters. The molecule has 24 heavy (non-hydrogen) atoms. The van der Waals surface area contributed by atoms with Crippen LogP contribution in [0.1, 0.15) is 21.6 Å². The molecular weight excluding hydrogens is 345 g/mol. The van der Waals surface area contributed by atoms with E-state index in [-0.39, 0.29) is 5.91 Å². The van der Waals surface area contributed by atoms with Gasteiger partial charge < -0.3 is 5.32 Å². The highest BCUT2D eigenvalue weighted by molar-refractivity contribution is 6.34. The molecule has 0 aliphatic rings. The summed E-state index contributed by atoms with van der Waals surface area (Å²) in [7, 11) is 0. The third kappa shape index (κ3) is 3.61. The van der Waals surface area contributed by atoms with Crippen LogP contribution >= 0.6 is 23.2 Å². The second kappa shape index (κ2) is 7.07. The number of aromatic nitrogens is 2. The highest BCUT2D eigenvalue weighted by Gasteiger charge is 2.20. The minimum Gasteiger partial charge on any atom is -0.322 e. The lowest BCUT2D eigenvalue weighted by Gasteiger charge is -2.06. The zero-order valence-electron chi connectivity index (χ0n) is 13.0. The quantitative estimate of drug-likeness (QED) is 0.727. The summed E-state index contributed by atoms with van der Waals surface area (Å²) < 4.78 is 1.62. The molecule has 0 radical (unpaired) electrons. The maximum Gasteiger partial charge on any atom is 0.260 e. The van der Waals surface area contributed by atoms with Gasteiger partial charge in [-0.05, 0) is 30.7 Å². The van der Waals surface area contributed by atoms with Crippen LogP contribution in [0.4, 0.5) is 5.69 Å². The lowest BCUT2D eigenvalue weighted by Crippen LogP contribution is -2.13. The van der Waals surface area contributed by atoms with Gasteiger partial charge in [-0.2, -0.15) is 5.10 Å². The largest absolute Gasteiger partial charge is 0.322 e. The summed E-state index contributed by atoms with van der Waals surface area (Å²) in [6, 6.07) is 16.8. The van der Waals surface area contributed by atoms with E-state index in [1.165, 1.54) is 0 Å². The van der Waals surface area contributed by atoms with Crippen LogP contribution < -0.4 is 5.32 Å². The van der Waals surface area contributed by atoms with Crippen molar-refractivity contribution in [2.45, 2.75) is 13.5 Å². The Morgan fingerprint density at radius 1 is 1.12 bits per heavy atom. The minimum absolute atomic E-state index is 0.306. The van der Waals surface area contributed by atoms with E-state index in [0.717, 1.165) is 5.56 Å². The van der Waals surface area contributed by atoms with Crippen LogP contribution in [0.2, 0.25) is 10.2 Å². The van der Waals surface area contributed by atoms with Crippen LogP contribution in [-0.2, 0) is 6.54 Å². The molecule has 0 spiro atoms. The molecular formula is C18H15Cl2N3O. The van der Waals surface area contributed by atoms with Gasteiger partial charge in [-0.25, -0.2) is 4.68 Å². The van der Waals surface area contributed by atoms with Crippen LogP contribution in [0.3, 0.4) is 0 Å². The number of benzene rings is 2. The van der Waals surface area contributed by atoms with Crippen LogP contribution in [0, 0.1) is 6.92 Å². The fourth-order valence-corrected chi connectivity index (χ4v) is 2.94. The molecule has 4 nitrogen and oxygen atoms in total. The maximum absolute atomic E-state index is 12.5. The molecule has 0 bridgehead atoms. The molecule has 3 aromatic rings. The van der Waals surface area contributed by atoms with Crippen LogP contribution in [-0.4, -0.2) is 15.7 Å². The van der Waals surface area contributed by atoms with E-state index in [9.17, 15) is 4.79 Å². The molecule has 0 saturated heterocycles. The number of carbonyl (C=O) groups is 1. The van der Waals surface area contributed by atoms with Crippen molar-refractivity contribution in [1.82, 2.24) is 9.78 Å². The molecule has 1 N–H and O–H groups in total. The summed E-state index contributed by atoms with van der Waals surface area (Å²) in [4.78, 5) is 12.5. The van der Waals surface area contributed by atoms with Crippen LogP contribution in [0.25, 0.3) is 0 Å². The average Bonchev–Trinajstić information content (AvgIpc) is 2.82. The van der Waals surface area contributed by atoms with E-state index in [2.05, 4.69) is 10.4 Å². The fourth-order valence-electron chi connectivity index (χ4n) is 2.43. The first kappa shape index (κ1) is 16.6. The second-order valence-electron chi connectivity index (χ2n) is 5.36. The molecule has 0 fully saturated rings. The van der Waals surface area contributed by atoms with Gasteiger partial charge in [0, 0.05) is 10.7 Å². The first-order chi connectivity index (χ1) is 11.5. The van der Waals surface area contributed by atoms with Crippen molar-refractivity contribution in [2.75, 3.05) is 5.32 Å². The molecule has 1 heterocycles. The standard InChI is InChI=1S/C18H15Cl2N3O/c1-12-16(18(24)21-15-9-5-8-14(19)10-15)17(20)23(22-12)11-13-6-3-2-4-7-13/h2-10H,11H2,1H3,(H,21,24). The van der Waals surface area contributed by atoms with Crippen molar-refractivity contribution >= 4 is 34.8 Å². The number of nitrogens with zero attached hydrogens (tertiary/aromatic N) is 2. The van der Waals surface area contributed by atoms with E-state index < -0.39 is 0 Å². The van der Waals surface area contributed by atoms with Gasteiger partial charge in [-0.15, -0.1) is 0 Å². The number of amides is 1. The molecule has 2 aromatic carbocycles. The van der Waals surface area contributed by atoms with Crippen molar-refractivity contribution in [2.24, 2.45) is 0 Å². The number of hydrogen-bond donors (Lipinski definition) is 1. The Bertz CT molecular complexity index is 875. The second-order valence-corrected chi connectivity index (χ2v) is 6.15. The van der Waals surface area contributed by atoms with Gasteiger partial charge in [0.25, 0.3) is 5.91 Å². The Balaban J connectivity index is 1.84. The highest BCUT2D eigenvalue weighted by atomic mass is 35.5. The number of hydrogen-bond acceptors (Lipinski definition) is 2. The summed E-state index contributed by atoms with van der Waals surface area (Å²) in [6.45, 7) is 2.27. The number of rotatable bonds is 4. The van der Waals surface area contributed by atoms with Crippen molar-refractivity contribution in [3.63, 3.8) is 0 Å². The Morgan fingerprint density at radius 2 is 1.88 bits per heavy atom. The summed E-state index contributed by atoms with van der Waals surface area (Å²) in [5.41, 5.74) is 2.62. The summed E-state index contributed by atoms with van der Waals surface area (Å²) in [5.74, 6) is -0.306. The van der Waals surface area contributed by atoms with Gasteiger partial charge in [0.2, 0.25) is 0 Å². The Hall–Kier alpha value is -2.30. The number of halogens is 2. The van der Waals surface area contributed by atoms with Crippen molar-refractivity contribution < 1.29 is 4.79 Å². The molecule has 0 atom stereocenters. The zero-order chi connectivity index (χ0) is 17.1. The molecule has 0 aliphatic carbocycles. The summed E-state index contributed by atoms with van der Waals surface area (Å²) in [5, 5.41) is 8.05. The molecule has 6 heteroatoms. The van der Waals surface area contributed by atoms with Crippen molar-refractivity contribution in [3.8, 4) is 0 Å². The van der Waals surface area contributed by atoms with Gasteiger partial charge in [-0.3, -0.25) is 4.79 Å². The van der Waals surface area contributed by atoms with E-state index >= 15 is 0 Å². The van der Waals surface area contributed by atoms with Gasteiger partial charge in [0.05, 0.1) is 17.8 Å². The SMILES string of the molecule is Cc1nn(Cc2ccccc2)c(Cl)c1C(=O)Nc1cccc(Cl)c1. The molecule has 1 aromatic heterocycles. The number of aryl methyl sites for hydroxylation is 1. The predicted molar refractivity (Wildman–Crippen MR) is 96.9 cm³/mol. The van der Waals surface area contributed by atoms with Crippen LogP contribution in [0.15, 0.2) is 54.6 Å². The topological polar surface area (TPSA) is 46.9 Å². The van der Waals surface area contributed by atoms with E-state index in [4.69, 9.17) is 23.2 Å². The Morgan fingerprint density at radius 3 is 2.58 bits per heavy atom. The predicted octanol–water partition coefficient (Wildman–Crippen LogP) is 4.80. The monoisotopic (exact) mass is 359 g/mol. The Labute approximate surface area is 150 Å². The smallest absolute Gasteiger partial charge is 0.260 e. The number of carbonyl (C=O) groups excluding carboxylic acids is 1. The summed E-state index contributed by atoms with van der Waals surface area (Å²) in [6.07, 6.45) is 0. The van der Waals surface area contributed by atoms with Crippen molar-refractivity contribution in [1.29, 1.82) is 0 Å². The Kier molecular flexibility index (Phi) is 4.88. The first-order valence-corrected chi connectivity index (χ1v) is 8.14. The van der Waals surface area contributed by atoms with Crippen molar-refractivity contribution in [3.05, 3.63) is 81.6 Å². The van der Waals surface area contributed by atoms with Gasteiger partial charge in [-0.1, -0.05) is 59.6 Å². The number of anilines is 1. The van der Waals surface area contributed by atoms with E-state index in [0.29, 0.717) is 33.7 Å².